The summed E-state index contributed by atoms with van der Waals surface area (Å²) in [6.07, 6.45) is 1.29. The van der Waals surface area contributed by atoms with Crippen molar-refractivity contribution in [3.63, 3.8) is 0 Å². The van der Waals surface area contributed by atoms with Gasteiger partial charge < -0.3 is 14.3 Å². The summed E-state index contributed by atoms with van der Waals surface area (Å²) in [5, 5.41) is 11.8. The summed E-state index contributed by atoms with van der Waals surface area (Å²) in [5.74, 6) is -1.54. The Morgan fingerprint density at radius 2 is 1.94 bits per heavy atom. The Kier molecular flexibility index (Phi) is 5.99. The predicted molar refractivity (Wildman–Crippen MR) is 125 cm³/mol. The van der Waals surface area contributed by atoms with E-state index in [1.54, 1.807) is 42.5 Å². The number of nitrogens with one attached hydrogen (secondary N) is 1. The monoisotopic (exact) mass is 482 g/mol. The molecule has 0 saturated carbocycles. The maximum atomic E-state index is 13.2. The second kappa shape index (κ2) is 8.89. The first-order valence-corrected chi connectivity index (χ1v) is 10.3. The fraction of sp³-hybridized carbons (Fsp3) is 0.0435. The largest absolute Gasteiger partial charge is 0.495 e. The van der Waals surface area contributed by atoms with E-state index in [2.05, 4.69) is 5.32 Å². The first-order valence-electron chi connectivity index (χ1n) is 9.47. The zero-order valence-electron chi connectivity index (χ0n) is 17.0. The number of thiocarbonyl (C=S) groups is 1. The average molecular weight is 483 g/mol. The number of ether oxygens (including phenoxy) is 1. The smallest absolute Gasteiger partial charge is 0.337 e. The van der Waals surface area contributed by atoms with Crippen molar-refractivity contribution in [1.82, 2.24) is 5.32 Å². The zero-order chi connectivity index (χ0) is 23.7. The highest BCUT2D eigenvalue weighted by atomic mass is 35.5. The van der Waals surface area contributed by atoms with Crippen LogP contribution in [0.15, 0.2) is 64.6 Å². The van der Waals surface area contributed by atoms with Crippen LogP contribution >= 0.6 is 23.8 Å². The van der Waals surface area contributed by atoms with Crippen LogP contribution in [0, 0.1) is 0 Å². The van der Waals surface area contributed by atoms with Gasteiger partial charge in [-0.2, -0.15) is 0 Å². The molecule has 0 spiro atoms. The SMILES string of the molecule is COc1ccccc1N1C(=O)/C(=C\c2ccc(-c3ccc(Cl)c(C(=O)O)c3)o2)C(=O)NC1=S. The quantitative estimate of drug-likeness (QED) is 0.319. The third-order valence-electron chi connectivity index (χ3n) is 4.82. The number of hydrogen-bond donors (Lipinski definition) is 2. The molecule has 2 aromatic carbocycles. The molecule has 0 radical (unpaired) electrons. The van der Waals surface area contributed by atoms with Gasteiger partial charge >= 0.3 is 5.97 Å². The highest BCUT2D eigenvalue weighted by Gasteiger charge is 2.36. The number of hydrogen-bond acceptors (Lipinski definition) is 6. The van der Waals surface area contributed by atoms with E-state index in [9.17, 15) is 19.5 Å². The lowest BCUT2D eigenvalue weighted by atomic mass is 10.1. The van der Waals surface area contributed by atoms with Crippen LogP contribution in [0.4, 0.5) is 5.69 Å². The van der Waals surface area contributed by atoms with Crippen LogP contribution in [0.5, 0.6) is 5.75 Å². The van der Waals surface area contributed by atoms with Crippen LogP contribution in [0.2, 0.25) is 5.02 Å². The van der Waals surface area contributed by atoms with E-state index in [1.165, 1.54) is 30.2 Å². The van der Waals surface area contributed by atoms with Gasteiger partial charge in [0, 0.05) is 5.56 Å². The summed E-state index contributed by atoms with van der Waals surface area (Å²) >= 11 is 11.1. The molecule has 33 heavy (non-hydrogen) atoms. The first kappa shape index (κ1) is 22.3. The summed E-state index contributed by atoms with van der Waals surface area (Å²) in [6, 6.07) is 14.3. The maximum Gasteiger partial charge on any atom is 0.337 e. The molecule has 0 atom stereocenters. The fourth-order valence-corrected chi connectivity index (χ4v) is 3.73. The molecule has 1 aliphatic heterocycles. The minimum atomic E-state index is -1.17. The number of benzene rings is 2. The molecule has 1 aromatic heterocycles. The van der Waals surface area contributed by atoms with Gasteiger partial charge in [0.2, 0.25) is 0 Å². The number of rotatable bonds is 5. The van der Waals surface area contributed by atoms with E-state index in [0.29, 0.717) is 22.8 Å². The number of carboxylic acid groups (broad SMARTS) is 1. The summed E-state index contributed by atoms with van der Waals surface area (Å²) in [5.41, 5.74) is 0.576. The number of para-hydroxylation sites is 2. The van der Waals surface area contributed by atoms with Gasteiger partial charge in [0.25, 0.3) is 11.8 Å². The van der Waals surface area contributed by atoms with Crippen LogP contribution < -0.4 is 15.0 Å². The van der Waals surface area contributed by atoms with Crippen LogP contribution in [-0.4, -0.2) is 35.1 Å². The number of aromatic carboxylic acids is 1. The number of carbonyl (C=O) groups is 3. The number of anilines is 1. The molecule has 0 unspecified atom stereocenters. The third-order valence-corrected chi connectivity index (χ3v) is 5.44. The van der Waals surface area contributed by atoms with Crippen LogP contribution in [0.3, 0.4) is 0 Å². The highest BCUT2D eigenvalue weighted by Crippen LogP contribution is 2.32. The van der Waals surface area contributed by atoms with Crippen molar-refractivity contribution in [2.75, 3.05) is 12.0 Å². The lowest BCUT2D eigenvalue weighted by molar-refractivity contribution is -0.122. The van der Waals surface area contributed by atoms with Crippen molar-refractivity contribution in [2.24, 2.45) is 0 Å². The van der Waals surface area contributed by atoms with Gasteiger partial charge in [-0.25, -0.2) is 9.69 Å². The van der Waals surface area contributed by atoms with E-state index < -0.39 is 17.8 Å². The van der Waals surface area contributed by atoms with Crippen LogP contribution in [0.1, 0.15) is 16.1 Å². The summed E-state index contributed by atoms with van der Waals surface area (Å²) in [6.45, 7) is 0. The Morgan fingerprint density at radius 1 is 1.18 bits per heavy atom. The van der Waals surface area contributed by atoms with Crippen LogP contribution in [0.25, 0.3) is 17.4 Å². The first-order chi connectivity index (χ1) is 15.8. The van der Waals surface area contributed by atoms with Gasteiger partial charge in [-0.05, 0) is 60.8 Å². The van der Waals surface area contributed by atoms with Gasteiger partial charge in [0.15, 0.2) is 5.11 Å². The Bertz CT molecular complexity index is 1350. The molecular weight excluding hydrogens is 468 g/mol. The lowest BCUT2D eigenvalue weighted by Gasteiger charge is -2.29. The van der Waals surface area contributed by atoms with Crippen molar-refractivity contribution in [3.05, 3.63) is 76.5 Å². The standard InChI is InChI=1S/C23H15ClN2O6S/c1-31-19-5-3-2-4-17(19)26-21(28)15(20(27)25-23(26)33)11-13-7-9-18(32-13)12-6-8-16(24)14(10-12)22(29)30/h2-11H,1H3,(H,29,30)(H,25,27,33)/b15-11-. The number of nitrogens with zero attached hydrogens (tertiary/aromatic N) is 1. The van der Waals surface area contributed by atoms with E-state index in [0.717, 1.165) is 0 Å². The Morgan fingerprint density at radius 3 is 2.67 bits per heavy atom. The van der Waals surface area contributed by atoms with E-state index >= 15 is 0 Å². The number of furan rings is 1. The molecule has 4 rings (SSSR count). The molecule has 2 amide bonds. The molecule has 10 heteroatoms. The Balaban J connectivity index is 1.69. The number of amides is 2. The summed E-state index contributed by atoms with van der Waals surface area (Å²) in [4.78, 5) is 38.2. The normalized spacial score (nSPS) is 15.0. The van der Waals surface area contributed by atoms with E-state index in [4.69, 9.17) is 33.0 Å². The Hall–Kier alpha value is -3.95. The second-order valence-electron chi connectivity index (χ2n) is 6.83. The zero-order valence-corrected chi connectivity index (χ0v) is 18.6. The second-order valence-corrected chi connectivity index (χ2v) is 7.63. The van der Waals surface area contributed by atoms with E-state index in [1.807, 2.05) is 0 Å². The van der Waals surface area contributed by atoms with Gasteiger partial charge in [0.1, 0.15) is 22.8 Å². The molecule has 0 aliphatic carbocycles. The molecule has 8 nitrogen and oxygen atoms in total. The van der Waals surface area contributed by atoms with E-state index in [-0.39, 0.29) is 27.0 Å². The van der Waals surface area contributed by atoms with Gasteiger partial charge in [-0.3, -0.25) is 14.9 Å². The minimum Gasteiger partial charge on any atom is -0.495 e. The van der Waals surface area contributed by atoms with Crippen molar-refractivity contribution in [1.29, 1.82) is 0 Å². The number of carbonyl (C=O) groups excluding carboxylic acids is 2. The molecule has 0 bridgehead atoms. The topological polar surface area (TPSA) is 109 Å². The minimum absolute atomic E-state index is 0.0749. The van der Waals surface area contributed by atoms with Crippen molar-refractivity contribution < 1.29 is 28.6 Å². The highest BCUT2D eigenvalue weighted by molar-refractivity contribution is 7.80. The molecule has 2 N–H and O–H groups in total. The molecule has 1 fully saturated rings. The fourth-order valence-electron chi connectivity index (χ4n) is 3.26. The number of carboxylic acids is 1. The Labute approximate surface area is 198 Å². The lowest BCUT2D eigenvalue weighted by Crippen LogP contribution is -2.54. The maximum absolute atomic E-state index is 13.2. The van der Waals surface area contributed by atoms with Crippen LogP contribution in [-0.2, 0) is 9.59 Å². The molecule has 2 heterocycles. The van der Waals surface area contributed by atoms with Gasteiger partial charge in [-0.1, -0.05) is 23.7 Å². The van der Waals surface area contributed by atoms with Crippen molar-refractivity contribution in [3.8, 4) is 17.1 Å². The molecule has 1 aliphatic rings. The number of halogens is 1. The molecule has 1 saturated heterocycles. The van der Waals surface area contributed by atoms with Gasteiger partial charge in [0.05, 0.1) is 23.4 Å². The summed E-state index contributed by atoms with van der Waals surface area (Å²) in [7, 11) is 1.46. The number of methoxy groups -OCH3 is 1. The predicted octanol–water partition coefficient (Wildman–Crippen LogP) is 4.14. The van der Waals surface area contributed by atoms with Gasteiger partial charge in [-0.15, -0.1) is 0 Å². The summed E-state index contributed by atoms with van der Waals surface area (Å²) < 4.78 is 11.0. The van der Waals surface area contributed by atoms with Crippen molar-refractivity contribution in [2.45, 2.75) is 0 Å². The van der Waals surface area contributed by atoms with Crippen molar-refractivity contribution >= 4 is 58.5 Å². The molecule has 166 valence electrons. The average Bonchev–Trinajstić information content (AvgIpc) is 3.25. The molecule has 3 aromatic rings. The molecular formula is C23H15ClN2O6S. The third kappa shape index (κ3) is 4.23.